The van der Waals surface area contributed by atoms with E-state index in [4.69, 9.17) is 0 Å². The molecule has 0 fully saturated rings. The van der Waals surface area contributed by atoms with Gasteiger partial charge in [0.15, 0.2) is 0 Å². The standard InChI is InChI=1S/C30H23N/c1-4-12-24(13-5-1)25-20-22-26(23-21-25)29-18-10-11-19-30(29)31(27-14-6-2-7-15-27)28-16-8-3-9-17-28/h1-23H. The van der Waals surface area contributed by atoms with Crippen LogP contribution in [0.3, 0.4) is 0 Å². The first kappa shape index (κ1) is 18.9. The molecule has 0 unspecified atom stereocenters. The van der Waals surface area contributed by atoms with Gasteiger partial charge in [-0.1, -0.05) is 109 Å². The number of benzene rings is 5. The van der Waals surface area contributed by atoms with Gasteiger partial charge in [0.1, 0.15) is 0 Å². The summed E-state index contributed by atoms with van der Waals surface area (Å²) in [5.74, 6) is 0. The Labute approximate surface area is 183 Å². The fourth-order valence-electron chi connectivity index (χ4n) is 3.97. The number of nitrogens with zero attached hydrogens (tertiary/aromatic N) is 1. The Bertz CT molecular complexity index is 1200. The summed E-state index contributed by atoms with van der Waals surface area (Å²) in [7, 11) is 0. The molecule has 0 bridgehead atoms. The highest BCUT2D eigenvalue weighted by atomic mass is 15.1. The zero-order chi connectivity index (χ0) is 20.9. The number of anilines is 3. The van der Waals surface area contributed by atoms with Crippen LogP contribution in [-0.4, -0.2) is 0 Å². The molecular weight excluding hydrogens is 374 g/mol. The highest BCUT2D eigenvalue weighted by molar-refractivity contribution is 5.88. The maximum absolute atomic E-state index is 2.32. The molecule has 0 amide bonds. The van der Waals surface area contributed by atoms with Crippen LogP contribution in [0.15, 0.2) is 140 Å². The summed E-state index contributed by atoms with van der Waals surface area (Å²) in [6.45, 7) is 0. The molecule has 0 saturated heterocycles. The third-order valence-electron chi connectivity index (χ3n) is 5.48. The van der Waals surface area contributed by atoms with Crippen molar-refractivity contribution in [2.24, 2.45) is 0 Å². The number of hydrogen-bond donors (Lipinski definition) is 0. The van der Waals surface area contributed by atoms with Crippen LogP contribution in [0.25, 0.3) is 22.3 Å². The van der Waals surface area contributed by atoms with E-state index in [0.717, 1.165) is 17.1 Å². The van der Waals surface area contributed by atoms with E-state index in [1.165, 1.54) is 22.3 Å². The topological polar surface area (TPSA) is 3.24 Å². The normalized spacial score (nSPS) is 10.6. The molecule has 0 heterocycles. The van der Waals surface area contributed by atoms with Gasteiger partial charge in [0, 0.05) is 16.9 Å². The second-order valence-electron chi connectivity index (χ2n) is 7.47. The first-order chi connectivity index (χ1) is 15.4. The van der Waals surface area contributed by atoms with E-state index in [9.17, 15) is 0 Å². The molecule has 0 atom stereocenters. The van der Waals surface area contributed by atoms with Crippen LogP contribution in [0.1, 0.15) is 0 Å². The summed E-state index contributed by atoms with van der Waals surface area (Å²) in [6.07, 6.45) is 0. The molecule has 0 aliphatic carbocycles. The lowest BCUT2D eigenvalue weighted by Crippen LogP contribution is -2.10. The van der Waals surface area contributed by atoms with Crippen molar-refractivity contribution in [3.63, 3.8) is 0 Å². The van der Waals surface area contributed by atoms with Crippen LogP contribution >= 0.6 is 0 Å². The van der Waals surface area contributed by atoms with Crippen LogP contribution in [-0.2, 0) is 0 Å². The van der Waals surface area contributed by atoms with Crippen molar-refractivity contribution in [2.75, 3.05) is 4.90 Å². The number of para-hydroxylation sites is 3. The van der Waals surface area contributed by atoms with Crippen molar-refractivity contribution in [3.05, 3.63) is 140 Å². The summed E-state index contributed by atoms with van der Waals surface area (Å²) >= 11 is 0. The smallest absolute Gasteiger partial charge is 0.0540 e. The van der Waals surface area contributed by atoms with Gasteiger partial charge in [0.2, 0.25) is 0 Å². The lowest BCUT2D eigenvalue weighted by molar-refractivity contribution is 1.28. The zero-order valence-electron chi connectivity index (χ0n) is 17.2. The van der Waals surface area contributed by atoms with Gasteiger partial charge in [-0.05, 0) is 47.0 Å². The lowest BCUT2D eigenvalue weighted by Gasteiger charge is -2.27. The predicted octanol–water partition coefficient (Wildman–Crippen LogP) is 8.49. The van der Waals surface area contributed by atoms with Gasteiger partial charge in [0.05, 0.1) is 5.69 Å². The maximum Gasteiger partial charge on any atom is 0.0540 e. The Kier molecular flexibility index (Phi) is 5.32. The minimum Gasteiger partial charge on any atom is -0.310 e. The lowest BCUT2D eigenvalue weighted by atomic mass is 9.98. The monoisotopic (exact) mass is 397 g/mol. The third-order valence-corrected chi connectivity index (χ3v) is 5.48. The molecule has 0 aromatic heterocycles. The Morgan fingerprint density at radius 3 is 1.32 bits per heavy atom. The summed E-state index contributed by atoms with van der Waals surface area (Å²) in [4.78, 5) is 2.32. The quantitative estimate of drug-likeness (QED) is 0.287. The van der Waals surface area contributed by atoms with Crippen LogP contribution < -0.4 is 4.90 Å². The minimum absolute atomic E-state index is 1.14. The Hall–Kier alpha value is -4.10. The van der Waals surface area contributed by atoms with Gasteiger partial charge in [-0.2, -0.15) is 0 Å². The van der Waals surface area contributed by atoms with Gasteiger partial charge in [-0.15, -0.1) is 0 Å². The summed E-state index contributed by atoms with van der Waals surface area (Å²) in [5, 5.41) is 0. The Balaban J connectivity index is 1.61. The third kappa shape index (κ3) is 3.99. The van der Waals surface area contributed by atoms with Crippen LogP contribution in [0.2, 0.25) is 0 Å². The molecule has 5 aromatic rings. The molecule has 0 saturated carbocycles. The van der Waals surface area contributed by atoms with E-state index in [-0.39, 0.29) is 0 Å². The van der Waals surface area contributed by atoms with Crippen molar-refractivity contribution < 1.29 is 0 Å². The molecule has 1 nitrogen and oxygen atoms in total. The predicted molar refractivity (Wildman–Crippen MR) is 132 cm³/mol. The molecule has 0 aliphatic rings. The first-order valence-corrected chi connectivity index (χ1v) is 10.6. The van der Waals surface area contributed by atoms with Crippen LogP contribution in [0.4, 0.5) is 17.1 Å². The molecule has 31 heavy (non-hydrogen) atoms. The summed E-state index contributed by atoms with van der Waals surface area (Å²) in [5.41, 5.74) is 8.31. The first-order valence-electron chi connectivity index (χ1n) is 10.6. The summed E-state index contributed by atoms with van der Waals surface area (Å²) in [6, 6.07) is 49.0. The van der Waals surface area contributed by atoms with Crippen molar-refractivity contribution in [1.82, 2.24) is 0 Å². The van der Waals surface area contributed by atoms with E-state index >= 15 is 0 Å². The van der Waals surface area contributed by atoms with Gasteiger partial charge in [-0.3, -0.25) is 0 Å². The van der Waals surface area contributed by atoms with Crippen LogP contribution in [0.5, 0.6) is 0 Å². The fraction of sp³-hybridized carbons (Fsp3) is 0. The summed E-state index contributed by atoms with van der Waals surface area (Å²) < 4.78 is 0. The molecule has 0 radical (unpaired) electrons. The van der Waals surface area contributed by atoms with Crippen molar-refractivity contribution in [1.29, 1.82) is 0 Å². The number of hydrogen-bond acceptors (Lipinski definition) is 1. The van der Waals surface area contributed by atoms with E-state index in [1.807, 2.05) is 0 Å². The average Bonchev–Trinajstić information content (AvgIpc) is 2.87. The van der Waals surface area contributed by atoms with E-state index in [0.29, 0.717) is 0 Å². The molecule has 0 N–H and O–H groups in total. The Morgan fingerprint density at radius 2 is 0.742 bits per heavy atom. The number of rotatable bonds is 5. The van der Waals surface area contributed by atoms with E-state index < -0.39 is 0 Å². The minimum atomic E-state index is 1.14. The van der Waals surface area contributed by atoms with E-state index in [1.54, 1.807) is 0 Å². The average molecular weight is 398 g/mol. The van der Waals surface area contributed by atoms with Gasteiger partial charge >= 0.3 is 0 Å². The van der Waals surface area contributed by atoms with Crippen molar-refractivity contribution >= 4 is 17.1 Å². The highest BCUT2D eigenvalue weighted by Gasteiger charge is 2.16. The molecule has 148 valence electrons. The van der Waals surface area contributed by atoms with Crippen LogP contribution in [0, 0.1) is 0 Å². The zero-order valence-corrected chi connectivity index (χ0v) is 17.2. The van der Waals surface area contributed by atoms with Crippen molar-refractivity contribution in [2.45, 2.75) is 0 Å². The maximum atomic E-state index is 2.32. The molecule has 5 aromatic carbocycles. The highest BCUT2D eigenvalue weighted by Crippen LogP contribution is 2.40. The molecule has 5 rings (SSSR count). The van der Waals surface area contributed by atoms with Gasteiger partial charge in [-0.25, -0.2) is 0 Å². The SMILES string of the molecule is c1ccc(-c2ccc(-c3ccccc3N(c3ccccc3)c3ccccc3)cc2)cc1. The Morgan fingerprint density at radius 1 is 0.323 bits per heavy atom. The van der Waals surface area contributed by atoms with E-state index in [2.05, 4.69) is 144 Å². The molecule has 0 aliphatic heterocycles. The molecule has 1 heteroatoms. The fourth-order valence-corrected chi connectivity index (χ4v) is 3.97. The second kappa shape index (κ2) is 8.73. The van der Waals surface area contributed by atoms with Crippen molar-refractivity contribution in [3.8, 4) is 22.3 Å². The molecule has 0 spiro atoms. The molecular formula is C30H23N. The second-order valence-corrected chi connectivity index (χ2v) is 7.47. The van der Waals surface area contributed by atoms with Gasteiger partial charge in [0.25, 0.3) is 0 Å². The largest absolute Gasteiger partial charge is 0.310 e. The van der Waals surface area contributed by atoms with Gasteiger partial charge < -0.3 is 4.90 Å².